The average Bonchev–Trinajstić information content (AvgIpc) is 2.21. The fraction of sp³-hybridized carbons (Fsp3) is 0.333. The molecule has 3 N–H and O–H groups in total. The van der Waals surface area contributed by atoms with Crippen molar-refractivity contribution in [2.75, 3.05) is 6.54 Å². The number of oxime groups is 1. The van der Waals surface area contributed by atoms with E-state index >= 15 is 0 Å². The summed E-state index contributed by atoms with van der Waals surface area (Å²) in [6.45, 7) is 0.597. The molecule has 0 aliphatic carbocycles. The zero-order valence-corrected chi connectivity index (χ0v) is 7.35. The minimum absolute atomic E-state index is 0.597. The van der Waals surface area contributed by atoms with Crippen LogP contribution in [0.15, 0.2) is 29.7 Å². The maximum absolute atomic E-state index is 8.73. The van der Waals surface area contributed by atoms with Crippen molar-refractivity contribution in [3.63, 3.8) is 0 Å². The van der Waals surface area contributed by atoms with Crippen molar-refractivity contribution in [3.05, 3.63) is 30.1 Å². The second-order valence-corrected chi connectivity index (χ2v) is 2.68. The van der Waals surface area contributed by atoms with Gasteiger partial charge in [0.25, 0.3) is 0 Å². The second-order valence-electron chi connectivity index (χ2n) is 2.68. The van der Waals surface area contributed by atoms with E-state index in [0.717, 1.165) is 12.0 Å². The molecule has 0 fully saturated rings. The van der Waals surface area contributed by atoms with Gasteiger partial charge >= 0.3 is 0 Å². The molecule has 0 saturated carbocycles. The monoisotopic (exact) mass is 179 g/mol. The van der Waals surface area contributed by atoms with Gasteiger partial charge in [0.15, 0.2) is 0 Å². The highest BCUT2D eigenvalue weighted by Gasteiger charge is 2.02. The quantitative estimate of drug-likeness (QED) is 0.411. The fourth-order valence-electron chi connectivity index (χ4n) is 1.06. The van der Waals surface area contributed by atoms with Crippen LogP contribution >= 0.6 is 0 Å². The van der Waals surface area contributed by atoms with Gasteiger partial charge in [-0.05, 0) is 31.5 Å². The van der Waals surface area contributed by atoms with Crippen LogP contribution in [0.5, 0.6) is 0 Å². The SMILES string of the molecule is NCCC/C(=N/O)c1cccnc1. The lowest BCUT2D eigenvalue weighted by Crippen LogP contribution is -2.06. The minimum atomic E-state index is 0.597. The highest BCUT2D eigenvalue weighted by Crippen LogP contribution is 2.03. The Morgan fingerprint density at radius 1 is 1.62 bits per heavy atom. The number of aromatic nitrogens is 1. The van der Waals surface area contributed by atoms with Crippen LogP contribution in [0.1, 0.15) is 18.4 Å². The summed E-state index contributed by atoms with van der Waals surface area (Å²) < 4.78 is 0. The van der Waals surface area contributed by atoms with Gasteiger partial charge < -0.3 is 10.9 Å². The highest BCUT2D eigenvalue weighted by atomic mass is 16.4. The molecule has 0 amide bonds. The molecule has 4 nitrogen and oxygen atoms in total. The van der Waals surface area contributed by atoms with Gasteiger partial charge in [-0.2, -0.15) is 0 Å². The van der Waals surface area contributed by atoms with Gasteiger partial charge in [0.05, 0.1) is 5.71 Å². The van der Waals surface area contributed by atoms with Crippen LogP contribution in [-0.4, -0.2) is 22.4 Å². The summed E-state index contributed by atoms with van der Waals surface area (Å²) in [6.07, 6.45) is 4.85. The lowest BCUT2D eigenvalue weighted by molar-refractivity contribution is 0.318. The summed E-state index contributed by atoms with van der Waals surface area (Å²) in [4.78, 5) is 3.94. The third-order valence-electron chi connectivity index (χ3n) is 1.73. The van der Waals surface area contributed by atoms with Crippen LogP contribution in [-0.2, 0) is 0 Å². The molecule has 70 valence electrons. The van der Waals surface area contributed by atoms with Gasteiger partial charge in [0, 0.05) is 18.0 Å². The first kappa shape index (κ1) is 9.67. The van der Waals surface area contributed by atoms with E-state index in [0.29, 0.717) is 18.7 Å². The van der Waals surface area contributed by atoms with E-state index in [1.54, 1.807) is 12.4 Å². The Bertz CT molecular complexity index is 271. The number of pyridine rings is 1. The molecule has 13 heavy (non-hydrogen) atoms. The molecule has 0 radical (unpaired) electrons. The predicted octanol–water partition coefficient (Wildman–Crippen LogP) is 0.999. The summed E-state index contributed by atoms with van der Waals surface area (Å²) in [5.74, 6) is 0. The van der Waals surface area contributed by atoms with Crippen molar-refractivity contribution in [2.45, 2.75) is 12.8 Å². The molecule has 1 heterocycles. The van der Waals surface area contributed by atoms with Crippen LogP contribution in [0, 0.1) is 0 Å². The van der Waals surface area contributed by atoms with E-state index in [1.807, 2.05) is 12.1 Å². The predicted molar refractivity (Wildman–Crippen MR) is 50.8 cm³/mol. The standard InChI is InChI=1S/C9H13N3O/c10-5-1-4-9(12-13)8-3-2-6-11-7-8/h2-3,6-7,13H,1,4-5,10H2/b12-9-. The largest absolute Gasteiger partial charge is 0.411 e. The Hall–Kier alpha value is -1.42. The van der Waals surface area contributed by atoms with E-state index in [1.165, 1.54) is 0 Å². The topological polar surface area (TPSA) is 71.5 Å². The van der Waals surface area contributed by atoms with E-state index in [-0.39, 0.29) is 0 Å². The fourth-order valence-corrected chi connectivity index (χ4v) is 1.06. The number of hydrogen-bond acceptors (Lipinski definition) is 4. The van der Waals surface area contributed by atoms with Crippen LogP contribution in [0.4, 0.5) is 0 Å². The maximum Gasteiger partial charge on any atom is 0.0883 e. The normalized spacial score (nSPS) is 11.6. The third kappa shape index (κ3) is 2.83. The molecule has 0 aliphatic rings. The summed E-state index contributed by atoms with van der Waals surface area (Å²) >= 11 is 0. The molecule has 0 spiro atoms. The Morgan fingerprint density at radius 3 is 3.00 bits per heavy atom. The summed E-state index contributed by atoms with van der Waals surface area (Å²) in [7, 11) is 0. The number of nitrogens with two attached hydrogens (primary N) is 1. The Morgan fingerprint density at radius 2 is 2.46 bits per heavy atom. The highest BCUT2D eigenvalue weighted by molar-refractivity contribution is 5.99. The lowest BCUT2D eigenvalue weighted by atomic mass is 10.1. The second kappa shape index (κ2) is 5.27. The number of rotatable bonds is 4. The molecule has 0 saturated heterocycles. The molecule has 0 aromatic carbocycles. The molecule has 4 heteroatoms. The van der Waals surface area contributed by atoms with Crippen molar-refractivity contribution in [3.8, 4) is 0 Å². The van der Waals surface area contributed by atoms with E-state index < -0.39 is 0 Å². The smallest absolute Gasteiger partial charge is 0.0883 e. The summed E-state index contributed by atoms with van der Waals surface area (Å²) in [5, 5.41) is 11.9. The van der Waals surface area contributed by atoms with Crippen molar-refractivity contribution in [1.29, 1.82) is 0 Å². The van der Waals surface area contributed by atoms with Crippen LogP contribution in [0.3, 0.4) is 0 Å². The molecule has 0 atom stereocenters. The van der Waals surface area contributed by atoms with Gasteiger partial charge in [0.2, 0.25) is 0 Å². The molecule has 0 unspecified atom stereocenters. The van der Waals surface area contributed by atoms with Gasteiger partial charge in [-0.3, -0.25) is 4.98 Å². The molecule has 1 rings (SSSR count). The zero-order valence-electron chi connectivity index (χ0n) is 7.35. The molecular formula is C9H13N3O. The first-order valence-electron chi connectivity index (χ1n) is 4.20. The Kier molecular flexibility index (Phi) is 3.92. The molecule has 1 aromatic rings. The first-order chi connectivity index (χ1) is 6.38. The molecular weight excluding hydrogens is 166 g/mol. The van der Waals surface area contributed by atoms with Crippen molar-refractivity contribution in [2.24, 2.45) is 10.9 Å². The van der Waals surface area contributed by atoms with Crippen molar-refractivity contribution in [1.82, 2.24) is 4.98 Å². The van der Waals surface area contributed by atoms with E-state index in [9.17, 15) is 0 Å². The minimum Gasteiger partial charge on any atom is -0.411 e. The van der Waals surface area contributed by atoms with Crippen LogP contribution in [0.25, 0.3) is 0 Å². The third-order valence-corrected chi connectivity index (χ3v) is 1.73. The molecule has 1 aromatic heterocycles. The summed E-state index contributed by atoms with van der Waals surface area (Å²) in [5.41, 5.74) is 6.84. The van der Waals surface area contributed by atoms with Crippen LogP contribution in [0.2, 0.25) is 0 Å². The maximum atomic E-state index is 8.73. The average molecular weight is 179 g/mol. The molecule has 0 bridgehead atoms. The van der Waals surface area contributed by atoms with Crippen LogP contribution < -0.4 is 5.73 Å². The Labute approximate surface area is 77.1 Å². The van der Waals surface area contributed by atoms with Gasteiger partial charge in [-0.1, -0.05) is 5.16 Å². The number of hydrogen-bond donors (Lipinski definition) is 2. The zero-order chi connectivity index (χ0) is 9.52. The van der Waals surface area contributed by atoms with Gasteiger partial charge in [-0.25, -0.2) is 0 Å². The molecule has 0 aliphatic heterocycles. The Balaban J connectivity index is 2.69. The van der Waals surface area contributed by atoms with Crippen molar-refractivity contribution < 1.29 is 5.21 Å². The van der Waals surface area contributed by atoms with Gasteiger partial charge in [0.1, 0.15) is 0 Å². The first-order valence-corrected chi connectivity index (χ1v) is 4.20. The lowest BCUT2D eigenvalue weighted by Gasteiger charge is -2.01. The number of nitrogens with zero attached hydrogens (tertiary/aromatic N) is 2. The van der Waals surface area contributed by atoms with Crippen molar-refractivity contribution >= 4 is 5.71 Å². The van der Waals surface area contributed by atoms with E-state index in [4.69, 9.17) is 10.9 Å². The van der Waals surface area contributed by atoms with E-state index in [2.05, 4.69) is 10.1 Å². The van der Waals surface area contributed by atoms with Gasteiger partial charge in [-0.15, -0.1) is 0 Å². The summed E-state index contributed by atoms with van der Waals surface area (Å²) in [6, 6.07) is 3.67.